The Labute approximate surface area is 268 Å². The zero-order valence-corrected chi connectivity index (χ0v) is 26.0. The van der Waals surface area contributed by atoms with E-state index in [0.717, 1.165) is 49.6 Å². The minimum atomic E-state index is -4.84. The van der Waals surface area contributed by atoms with Crippen LogP contribution in [0.2, 0.25) is 0 Å². The maximum absolute atomic E-state index is 13.2. The van der Waals surface area contributed by atoms with Gasteiger partial charge >= 0.3 is 6.18 Å². The van der Waals surface area contributed by atoms with Crippen LogP contribution in [0.5, 0.6) is 0 Å². The lowest BCUT2D eigenvalue weighted by Crippen LogP contribution is -2.49. The van der Waals surface area contributed by atoms with E-state index >= 15 is 0 Å². The first kappa shape index (κ1) is 35.3. The summed E-state index contributed by atoms with van der Waals surface area (Å²) in [4.78, 5) is 48.1. The summed E-state index contributed by atoms with van der Waals surface area (Å²) in [5.41, 5.74) is 0.243. The van der Waals surface area contributed by atoms with Crippen molar-refractivity contribution < 1.29 is 32.7 Å². The number of nitrogens with one attached hydrogen (secondary N) is 3. The second-order valence-corrected chi connectivity index (χ2v) is 11.2. The zero-order chi connectivity index (χ0) is 33.8. The molecule has 0 aliphatic carbocycles. The highest BCUT2D eigenvalue weighted by atomic mass is 19.4. The number of carbonyl (C=O) groups excluding carboxylic acids is 2. The van der Waals surface area contributed by atoms with Crippen LogP contribution < -0.4 is 21.3 Å². The molecule has 4 N–H and O–H groups in total. The number of anilines is 2. The Balaban J connectivity index is 1.13. The van der Waals surface area contributed by atoms with Gasteiger partial charge in [-0.25, -0.2) is 20.5 Å². The first-order valence-corrected chi connectivity index (χ1v) is 15.3. The highest BCUT2D eigenvalue weighted by molar-refractivity contribution is 5.76. The van der Waals surface area contributed by atoms with Gasteiger partial charge in [-0.3, -0.25) is 24.3 Å². The number of hydrogen-bond donors (Lipinski definition) is 4. The highest BCUT2D eigenvalue weighted by Crippen LogP contribution is 2.31. The van der Waals surface area contributed by atoms with E-state index in [0.29, 0.717) is 38.5 Å². The number of hydrogen-bond acceptors (Lipinski definition) is 11. The van der Waals surface area contributed by atoms with Crippen molar-refractivity contribution in [3.05, 3.63) is 46.9 Å². The van der Waals surface area contributed by atoms with Gasteiger partial charge in [-0.15, -0.1) is 0 Å². The van der Waals surface area contributed by atoms with Gasteiger partial charge in [0.2, 0.25) is 17.8 Å². The van der Waals surface area contributed by atoms with E-state index in [9.17, 15) is 27.6 Å². The molecule has 0 saturated carbocycles. The van der Waals surface area contributed by atoms with Crippen molar-refractivity contribution in [3.63, 3.8) is 0 Å². The summed E-state index contributed by atoms with van der Waals surface area (Å²) in [5, 5.41) is 20.7. The molecule has 1 aliphatic rings. The Bertz CT molecular complexity index is 1510. The van der Waals surface area contributed by atoms with E-state index in [1.54, 1.807) is 41.0 Å². The van der Waals surface area contributed by atoms with Crippen molar-refractivity contribution in [3.8, 4) is 11.1 Å². The van der Waals surface area contributed by atoms with Crippen LogP contribution in [0.25, 0.3) is 11.1 Å². The molecule has 0 unspecified atom stereocenters. The SMILES string of the molecule is C[C@@H](COCCC(=O)N1CCN(c2ncc(-c3cnn(CCCCCCC(=O)NO)c3)cn2)CC1)Nc1cn[nH]c(=O)c1C(F)(F)F. The molecular weight excluding hydrogens is 625 g/mol. The van der Waals surface area contributed by atoms with Crippen LogP contribution in [0.3, 0.4) is 0 Å². The van der Waals surface area contributed by atoms with Gasteiger partial charge in [0.25, 0.3) is 5.56 Å². The molecule has 15 nitrogen and oxygen atoms in total. The predicted molar refractivity (Wildman–Crippen MR) is 163 cm³/mol. The molecule has 2 amide bonds. The number of halogens is 3. The number of hydroxylamine groups is 1. The van der Waals surface area contributed by atoms with Crippen LogP contribution in [0, 0.1) is 0 Å². The van der Waals surface area contributed by atoms with Crippen molar-refractivity contribution in [1.82, 2.24) is 40.3 Å². The van der Waals surface area contributed by atoms with Gasteiger partial charge in [-0.2, -0.15) is 23.4 Å². The molecule has 3 aromatic rings. The number of alkyl halides is 3. The van der Waals surface area contributed by atoms with Gasteiger partial charge in [0, 0.05) is 74.9 Å². The monoisotopic (exact) mass is 664 g/mol. The van der Waals surface area contributed by atoms with Crippen LogP contribution in [0.15, 0.2) is 35.8 Å². The summed E-state index contributed by atoms with van der Waals surface area (Å²) >= 11 is 0. The molecule has 0 aromatic carbocycles. The lowest BCUT2D eigenvalue weighted by Gasteiger charge is -2.34. The summed E-state index contributed by atoms with van der Waals surface area (Å²) < 4.78 is 47.1. The molecule has 3 aromatic heterocycles. The van der Waals surface area contributed by atoms with Crippen molar-refractivity contribution in [2.24, 2.45) is 0 Å². The van der Waals surface area contributed by atoms with Crippen molar-refractivity contribution >= 4 is 23.5 Å². The van der Waals surface area contributed by atoms with E-state index in [1.807, 2.05) is 15.8 Å². The number of rotatable bonds is 16. The Hall–Kier alpha value is -4.58. The average molecular weight is 665 g/mol. The zero-order valence-electron chi connectivity index (χ0n) is 26.0. The van der Waals surface area contributed by atoms with Crippen LogP contribution in [0.1, 0.15) is 51.0 Å². The Morgan fingerprint density at radius 3 is 2.45 bits per heavy atom. The fourth-order valence-electron chi connectivity index (χ4n) is 5.07. The molecule has 0 bridgehead atoms. The summed E-state index contributed by atoms with van der Waals surface area (Å²) in [5.74, 6) is 0.105. The summed E-state index contributed by atoms with van der Waals surface area (Å²) in [6.45, 7) is 4.55. The van der Waals surface area contributed by atoms with E-state index in [4.69, 9.17) is 9.94 Å². The van der Waals surface area contributed by atoms with Crippen molar-refractivity contribution in [1.29, 1.82) is 0 Å². The van der Waals surface area contributed by atoms with E-state index < -0.39 is 29.0 Å². The first-order valence-electron chi connectivity index (χ1n) is 15.3. The average Bonchev–Trinajstić information content (AvgIpc) is 3.53. The number of carbonyl (C=O) groups is 2. The third kappa shape index (κ3) is 10.5. The second kappa shape index (κ2) is 16.8. The third-order valence-corrected chi connectivity index (χ3v) is 7.56. The highest BCUT2D eigenvalue weighted by Gasteiger charge is 2.37. The number of aryl methyl sites for hydroxylation is 1. The van der Waals surface area contributed by atoms with Gasteiger partial charge in [-0.1, -0.05) is 12.8 Å². The lowest BCUT2D eigenvalue weighted by atomic mass is 10.1. The topological polar surface area (TPSA) is 183 Å². The quantitative estimate of drug-likeness (QED) is 0.100. The molecule has 1 atom stereocenters. The molecule has 0 radical (unpaired) electrons. The van der Waals surface area contributed by atoms with Crippen LogP contribution in [-0.2, 0) is 27.0 Å². The Kier molecular flexibility index (Phi) is 12.6. The number of piperazine rings is 1. The molecule has 18 heteroatoms. The number of ether oxygens (including phenoxy) is 1. The Morgan fingerprint density at radius 2 is 1.74 bits per heavy atom. The number of unbranched alkanes of at least 4 members (excludes halogenated alkanes) is 3. The van der Waals surface area contributed by atoms with Gasteiger partial charge in [-0.05, 0) is 19.8 Å². The standard InChI is InChI=1S/C29H39F3N10O5/c1-20(37-23-17-35-38-27(45)26(23)29(30,31)32)19-47-13-7-25(44)40-9-11-41(12-10-40)28-33-14-21(15-34-28)22-16-36-42(18-22)8-5-3-2-4-6-24(43)39-46/h14-18,20,46H,2-13,19H2,1H3,(H,39,43)(H2,37,38,45)/t20-/m0/s1. The summed E-state index contributed by atoms with van der Waals surface area (Å²) in [7, 11) is 0. The van der Waals surface area contributed by atoms with E-state index in [1.165, 1.54) is 0 Å². The first-order chi connectivity index (χ1) is 22.5. The minimum Gasteiger partial charge on any atom is -0.379 e. The molecule has 1 fully saturated rings. The molecule has 0 spiro atoms. The van der Waals surface area contributed by atoms with E-state index in [-0.39, 0.29) is 31.4 Å². The normalized spacial score (nSPS) is 14.2. The Morgan fingerprint density at radius 1 is 1.02 bits per heavy atom. The fraction of sp³-hybridized carbons (Fsp3) is 0.552. The van der Waals surface area contributed by atoms with Crippen LogP contribution in [0.4, 0.5) is 24.8 Å². The largest absolute Gasteiger partial charge is 0.423 e. The minimum absolute atomic E-state index is 0.0221. The number of nitrogens with zero attached hydrogens (tertiary/aromatic N) is 7. The van der Waals surface area contributed by atoms with Gasteiger partial charge in [0.05, 0.1) is 37.7 Å². The number of H-pyrrole nitrogens is 1. The maximum Gasteiger partial charge on any atom is 0.423 e. The smallest absolute Gasteiger partial charge is 0.379 e. The fourth-order valence-corrected chi connectivity index (χ4v) is 5.07. The molecule has 4 rings (SSSR count). The van der Waals surface area contributed by atoms with Crippen molar-refractivity contribution in [2.75, 3.05) is 49.6 Å². The third-order valence-electron chi connectivity index (χ3n) is 7.56. The van der Waals surface area contributed by atoms with Gasteiger partial charge < -0.3 is 19.9 Å². The van der Waals surface area contributed by atoms with Gasteiger partial charge in [0.15, 0.2) is 0 Å². The predicted octanol–water partition coefficient (Wildman–Crippen LogP) is 2.45. The van der Waals surface area contributed by atoms with Crippen molar-refractivity contribution in [2.45, 2.75) is 64.2 Å². The molecule has 256 valence electrons. The molecule has 1 aliphatic heterocycles. The number of aromatic nitrogens is 6. The van der Waals surface area contributed by atoms with E-state index in [2.05, 4.69) is 25.5 Å². The molecule has 47 heavy (non-hydrogen) atoms. The maximum atomic E-state index is 13.2. The second-order valence-electron chi connectivity index (χ2n) is 11.2. The molecule has 4 heterocycles. The van der Waals surface area contributed by atoms with Gasteiger partial charge in [0.1, 0.15) is 5.56 Å². The van der Waals surface area contributed by atoms with Crippen LogP contribution in [-0.4, -0.2) is 97.3 Å². The lowest BCUT2D eigenvalue weighted by molar-refractivity contribution is -0.138. The molecular formula is C29H39F3N10O5. The number of amides is 2. The number of aromatic amines is 1. The molecule has 1 saturated heterocycles. The van der Waals surface area contributed by atoms with Crippen LogP contribution >= 0.6 is 0 Å². The summed E-state index contributed by atoms with van der Waals surface area (Å²) in [6, 6.07) is -0.572. The summed E-state index contributed by atoms with van der Waals surface area (Å²) in [6.07, 6.45) is 7.17.